The van der Waals surface area contributed by atoms with E-state index in [4.69, 9.17) is 0 Å². The van der Waals surface area contributed by atoms with Crippen LogP contribution in [0.1, 0.15) is 42.9 Å². The highest BCUT2D eigenvalue weighted by Gasteiger charge is 2.17. The number of allylic oxidation sites excluding steroid dienone is 1. The van der Waals surface area contributed by atoms with E-state index in [-0.39, 0.29) is 11.9 Å². The van der Waals surface area contributed by atoms with Crippen molar-refractivity contribution >= 4 is 0 Å². The molecule has 92 valence electrons. The summed E-state index contributed by atoms with van der Waals surface area (Å²) in [5.74, 6) is -0.124. The Balaban J connectivity index is 2.28. The summed E-state index contributed by atoms with van der Waals surface area (Å²) in [6.07, 6.45) is 7.23. The van der Waals surface area contributed by atoms with Crippen molar-refractivity contribution < 1.29 is 4.39 Å². The van der Waals surface area contributed by atoms with Crippen molar-refractivity contribution in [1.82, 2.24) is 5.32 Å². The molecule has 1 atom stereocenters. The standard InChI is InChI=1S/C15H20FN/c1-11-10-13(8-9-14(11)16)15(17-2)12-6-4-3-5-7-12/h6,8-10,15,17H,3-5,7H2,1-2H3. The number of hydrogen-bond donors (Lipinski definition) is 1. The molecule has 0 saturated carbocycles. The van der Waals surface area contributed by atoms with Crippen molar-refractivity contribution in [2.75, 3.05) is 7.05 Å². The van der Waals surface area contributed by atoms with Crippen LogP contribution in [-0.4, -0.2) is 7.05 Å². The van der Waals surface area contributed by atoms with Crippen LogP contribution in [0.2, 0.25) is 0 Å². The molecule has 1 aliphatic carbocycles. The Bertz CT molecular complexity index is 423. The minimum Gasteiger partial charge on any atom is -0.310 e. The van der Waals surface area contributed by atoms with E-state index in [0.717, 1.165) is 12.0 Å². The maximum Gasteiger partial charge on any atom is 0.126 e. The minimum atomic E-state index is -0.124. The summed E-state index contributed by atoms with van der Waals surface area (Å²) in [7, 11) is 1.97. The van der Waals surface area contributed by atoms with Crippen LogP contribution in [0.5, 0.6) is 0 Å². The molecule has 0 radical (unpaired) electrons. The van der Waals surface area contributed by atoms with Gasteiger partial charge in [-0.1, -0.05) is 23.8 Å². The molecule has 1 aromatic carbocycles. The van der Waals surface area contributed by atoms with E-state index in [0.29, 0.717) is 0 Å². The van der Waals surface area contributed by atoms with E-state index in [1.165, 1.54) is 30.4 Å². The molecular formula is C15H20FN. The monoisotopic (exact) mass is 233 g/mol. The van der Waals surface area contributed by atoms with Gasteiger partial charge in [0.15, 0.2) is 0 Å². The molecule has 0 fully saturated rings. The van der Waals surface area contributed by atoms with Crippen LogP contribution in [0.25, 0.3) is 0 Å². The third-order valence-electron chi connectivity index (χ3n) is 3.50. The lowest BCUT2D eigenvalue weighted by molar-refractivity contribution is 0.587. The lowest BCUT2D eigenvalue weighted by Gasteiger charge is -2.23. The van der Waals surface area contributed by atoms with Gasteiger partial charge < -0.3 is 5.32 Å². The van der Waals surface area contributed by atoms with Crippen LogP contribution in [0, 0.1) is 12.7 Å². The second-order valence-corrected chi connectivity index (χ2v) is 4.76. The first-order valence-corrected chi connectivity index (χ1v) is 6.34. The molecule has 0 bridgehead atoms. The molecule has 0 aliphatic heterocycles. The third kappa shape index (κ3) is 2.75. The quantitative estimate of drug-likeness (QED) is 0.781. The van der Waals surface area contributed by atoms with Gasteiger partial charge in [-0.2, -0.15) is 0 Å². The molecule has 1 aromatic rings. The van der Waals surface area contributed by atoms with Crippen LogP contribution < -0.4 is 5.32 Å². The number of hydrogen-bond acceptors (Lipinski definition) is 1. The Morgan fingerprint density at radius 3 is 2.71 bits per heavy atom. The summed E-state index contributed by atoms with van der Waals surface area (Å²) in [6.45, 7) is 1.82. The molecule has 1 unspecified atom stereocenters. The largest absolute Gasteiger partial charge is 0.310 e. The number of benzene rings is 1. The van der Waals surface area contributed by atoms with Gasteiger partial charge in [0.2, 0.25) is 0 Å². The molecular weight excluding hydrogens is 213 g/mol. The van der Waals surface area contributed by atoms with Gasteiger partial charge in [-0.05, 0) is 56.8 Å². The van der Waals surface area contributed by atoms with E-state index >= 15 is 0 Å². The minimum absolute atomic E-state index is 0.124. The van der Waals surface area contributed by atoms with E-state index in [1.54, 1.807) is 6.07 Å². The number of nitrogens with one attached hydrogen (secondary N) is 1. The normalized spacial score (nSPS) is 17.7. The Morgan fingerprint density at radius 2 is 2.12 bits per heavy atom. The van der Waals surface area contributed by atoms with Gasteiger partial charge >= 0.3 is 0 Å². The second-order valence-electron chi connectivity index (χ2n) is 4.76. The van der Waals surface area contributed by atoms with Crippen LogP contribution in [0.4, 0.5) is 4.39 Å². The maximum atomic E-state index is 13.3. The summed E-state index contributed by atoms with van der Waals surface area (Å²) < 4.78 is 13.3. The van der Waals surface area contributed by atoms with Crippen LogP contribution in [0.15, 0.2) is 29.8 Å². The van der Waals surface area contributed by atoms with Gasteiger partial charge in [-0.25, -0.2) is 4.39 Å². The Morgan fingerprint density at radius 1 is 1.29 bits per heavy atom. The number of rotatable bonds is 3. The van der Waals surface area contributed by atoms with Crippen molar-refractivity contribution in [2.45, 2.75) is 38.6 Å². The zero-order valence-electron chi connectivity index (χ0n) is 10.6. The Kier molecular flexibility index (Phi) is 3.95. The van der Waals surface area contributed by atoms with Crippen molar-refractivity contribution in [2.24, 2.45) is 0 Å². The molecule has 0 saturated heterocycles. The van der Waals surface area contributed by atoms with Gasteiger partial charge in [0.25, 0.3) is 0 Å². The van der Waals surface area contributed by atoms with Crippen LogP contribution >= 0.6 is 0 Å². The molecule has 0 heterocycles. The van der Waals surface area contributed by atoms with E-state index in [1.807, 2.05) is 26.1 Å². The molecule has 1 N–H and O–H groups in total. The van der Waals surface area contributed by atoms with Gasteiger partial charge in [-0.15, -0.1) is 0 Å². The summed E-state index contributed by atoms with van der Waals surface area (Å²) >= 11 is 0. The summed E-state index contributed by atoms with van der Waals surface area (Å²) in [5.41, 5.74) is 3.34. The lowest BCUT2D eigenvalue weighted by atomic mass is 9.89. The fourth-order valence-corrected chi connectivity index (χ4v) is 2.54. The fraction of sp³-hybridized carbons (Fsp3) is 0.467. The van der Waals surface area contributed by atoms with Gasteiger partial charge in [0.1, 0.15) is 5.82 Å². The smallest absolute Gasteiger partial charge is 0.126 e. The van der Waals surface area contributed by atoms with Gasteiger partial charge in [0, 0.05) is 0 Å². The zero-order chi connectivity index (χ0) is 12.3. The van der Waals surface area contributed by atoms with Crippen LogP contribution in [-0.2, 0) is 0 Å². The van der Waals surface area contributed by atoms with Crippen molar-refractivity contribution in [1.29, 1.82) is 0 Å². The first-order chi connectivity index (χ1) is 8.22. The van der Waals surface area contributed by atoms with E-state index in [2.05, 4.69) is 11.4 Å². The van der Waals surface area contributed by atoms with Crippen molar-refractivity contribution in [3.8, 4) is 0 Å². The lowest BCUT2D eigenvalue weighted by Crippen LogP contribution is -2.20. The third-order valence-corrected chi connectivity index (χ3v) is 3.50. The first-order valence-electron chi connectivity index (χ1n) is 6.34. The highest BCUT2D eigenvalue weighted by Crippen LogP contribution is 2.30. The zero-order valence-corrected chi connectivity index (χ0v) is 10.6. The number of likely N-dealkylation sites (N-methyl/N-ethyl adjacent to an activating group) is 1. The Hall–Kier alpha value is -1.15. The number of halogens is 1. The van der Waals surface area contributed by atoms with E-state index in [9.17, 15) is 4.39 Å². The maximum absolute atomic E-state index is 13.3. The molecule has 0 spiro atoms. The fourth-order valence-electron chi connectivity index (χ4n) is 2.54. The first kappa shape index (κ1) is 12.3. The number of aryl methyl sites for hydroxylation is 1. The molecule has 0 aromatic heterocycles. The van der Waals surface area contributed by atoms with Crippen molar-refractivity contribution in [3.05, 3.63) is 46.8 Å². The molecule has 17 heavy (non-hydrogen) atoms. The second kappa shape index (κ2) is 5.46. The highest BCUT2D eigenvalue weighted by molar-refractivity contribution is 5.32. The SMILES string of the molecule is CNC(C1=CCCCC1)c1ccc(F)c(C)c1. The molecule has 2 rings (SSSR count). The predicted molar refractivity (Wildman–Crippen MR) is 69.5 cm³/mol. The predicted octanol–water partition coefficient (Wildman–Crippen LogP) is 3.90. The highest BCUT2D eigenvalue weighted by atomic mass is 19.1. The van der Waals surface area contributed by atoms with Crippen LogP contribution in [0.3, 0.4) is 0 Å². The van der Waals surface area contributed by atoms with E-state index < -0.39 is 0 Å². The molecule has 2 heteroatoms. The average molecular weight is 233 g/mol. The van der Waals surface area contributed by atoms with Gasteiger partial charge in [-0.3, -0.25) is 0 Å². The summed E-state index contributed by atoms with van der Waals surface area (Å²) in [4.78, 5) is 0. The van der Waals surface area contributed by atoms with Crippen molar-refractivity contribution in [3.63, 3.8) is 0 Å². The molecule has 0 amide bonds. The average Bonchev–Trinajstić information content (AvgIpc) is 2.36. The molecule has 1 aliphatic rings. The van der Waals surface area contributed by atoms with Gasteiger partial charge in [0.05, 0.1) is 6.04 Å². The molecule has 1 nitrogen and oxygen atoms in total. The summed E-state index contributed by atoms with van der Waals surface area (Å²) in [5, 5.41) is 3.34. The summed E-state index contributed by atoms with van der Waals surface area (Å²) in [6, 6.07) is 5.65. The Labute approximate surface area is 103 Å². The topological polar surface area (TPSA) is 12.0 Å².